The minimum Gasteiger partial charge on any atom is -0.347 e. The molecule has 2 heterocycles. The van der Waals surface area contributed by atoms with E-state index in [1.807, 2.05) is 6.92 Å². The van der Waals surface area contributed by atoms with E-state index in [9.17, 15) is 0 Å². The molecule has 1 N–H and O–H groups in total. The third-order valence-corrected chi connectivity index (χ3v) is 5.10. The second kappa shape index (κ2) is 8.20. The highest BCUT2D eigenvalue weighted by Gasteiger charge is 2.15. The van der Waals surface area contributed by atoms with Crippen LogP contribution in [0, 0.1) is 6.92 Å². The molecule has 6 heteroatoms. The molecule has 1 aromatic carbocycles. The molecule has 0 amide bonds. The molecule has 2 aromatic heterocycles. The molecule has 1 aliphatic carbocycles. The van der Waals surface area contributed by atoms with Gasteiger partial charge in [-0.05, 0) is 31.2 Å². The summed E-state index contributed by atoms with van der Waals surface area (Å²) in [5, 5.41) is 11.3. The molecular formula is C21H24N6. The predicted molar refractivity (Wildman–Crippen MR) is 105 cm³/mol. The van der Waals surface area contributed by atoms with Crippen molar-refractivity contribution in [1.82, 2.24) is 25.1 Å². The van der Waals surface area contributed by atoms with Crippen molar-refractivity contribution in [1.29, 1.82) is 0 Å². The van der Waals surface area contributed by atoms with Gasteiger partial charge in [0.15, 0.2) is 0 Å². The van der Waals surface area contributed by atoms with Crippen LogP contribution < -0.4 is 5.32 Å². The first-order chi connectivity index (χ1) is 13.3. The van der Waals surface area contributed by atoms with Gasteiger partial charge in [0.2, 0.25) is 5.95 Å². The molecule has 0 atom stereocenters. The smallest absolute Gasteiger partial charge is 0.243 e. The van der Waals surface area contributed by atoms with Crippen LogP contribution >= 0.6 is 0 Å². The SMILES string of the molecule is Cc1cnc(CNc2nncc(-c3ccc(C4CCCCC4)cc3)n2)cn1. The number of benzene rings is 1. The number of nitrogens with zero attached hydrogens (tertiary/aromatic N) is 5. The van der Waals surface area contributed by atoms with Gasteiger partial charge in [0.25, 0.3) is 0 Å². The minimum absolute atomic E-state index is 0.492. The lowest BCUT2D eigenvalue weighted by atomic mass is 9.84. The van der Waals surface area contributed by atoms with E-state index in [4.69, 9.17) is 0 Å². The maximum absolute atomic E-state index is 4.58. The number of rotatable bonds is 5. The Bertz CT molecular complexity index is 870. The van der Waals surface area contributed by atoms with Crippen LogP contribution in [0.5, 0.6) is 0 Å². The standard InChI is InChI=1S/C21H24N6/c1-15-11-23-19(12-22-15)13-24-21-26-20(14-25-27-21)18-9-7-17(8-10-18)16-5-3-2-4-6-16/h7-12,14,16H,2-6,13H2,1H3,(H,24,26,27). The number of hydrogen-bond donors (Lipinski definition) is 1. The van der Waals surface area contributed by atoms with Crippen molar-refractivity contribution in [3.63, 3.8) is 0 Å². The van der Waals surface area contributed by atoms with E-state index in [0.29, 0.717) is 18.4 Å². The van der Waals surface area contributed by atoms with Gasteiger partial charge in [0, 0.05) is 11.8 Å². The summed E-state index contributed by atoms with van der Waals surface area (Å²) in [6.45, 7) is 2.43. The van der Waals surface area contributed by atoms with Gasteiger partial charge >= 0.3 is 0 Å². The summed E-state index contributed by atoms with van der Waals surface area (Å²) < 4.78 is 0. The topological polar surface area (TPSA) is 76.5 Å². The average Bonchev–Trinajstić information content (AvgIpc) is 2.74. The molecule has 0 saturated heterocycles. The first-order valence-corrected chi connectivity index (χ1v) is 9.59. The van der Waals surface area contributed by atoms with E-state index < -0.39 is 0 Å². The molecular weight excluding hydrogens is 336 g/mol. The second-order valence-corrected chi connectivity index (χ2v) is 7.12. The molecule has 1 saturated carbocycles. The maximum atomic E-state index is 4.58. The Morgan fingerprint density at radius 1 is 0.963 bits per heavy atom. The third kappa shape index (κ3) is 4.45. The highest BCUT2D eigenvalue weighted by atomic mass is 15.2. The Balaban J connectivity index is 1.44. The Kier molecular flexibility index (Phi) is 5.32. The molecule has 0 spiro atoms. The summed E-state index contributed by atoms with van der Waals surface area (Å²) in [6.07, 6.45) is 11.9. The zero-order valence-electron chi connectivity index (χ0n) is 15.6. The molecule has 27 heavy (non-hydrogen) atoms. The van der Waals surface area contributed by atoms with Gasteiger partial charge in [-0.3, -0.25) is 9.97 Å². The molecule has 0 aliphatic heterocycles. The molecule has 0 bridgehead atoms. The van der Waals surface area contributed by atoms with Crippen LogP contribution in [-0.4, -0.2) is 25.1 Å². The first kappa shape index (κ1) is 17.5. The predicted octanol–water partition coefficient (Wildman–Crippen LogP) is 4.30. The van der Waals surface area contributed by atoms with Crippen LogP contribution in [0.25, 0.3) is 11.3 Å². The van der Waals surface area contributed by atoms with Gasteiger partial charge in [0.1, 0.15) is 0 Å². The summed E-state index contributed by atoms with van der Waals surface area (Å²) in [6, 6.07) is 8.76. The highest BCUT2D eigenvalue weighted by Crippen LogP contribution is 2.33. The van der Waals surface area contributed by atoms with E-state index in [-0.39, 0.29) is 0 Å². The lowest BCUT2D eigenvalue weighted by molar-refractivity contribution is 0.443. The van der Waals surface area contributed by atoms with Gasteiger partial charge in [-0.2, -0.15) is 5.10 Å². The van der Waals surface area contributed by atoms with Crippen LogP contribution in [0.2, 0.25) is 0 Å². The summed E-state index contributed by atoms with van der Waals surface area (Å²) in [7, 11) is 0. The second-order valence-electron chi connectivity index (χ2n) is 7.12. The average molecular weight is 360 g/mol. The van der Waals surface area contributed by atoms with Crippen molar-refractivity contribution in [3.8, 4) is 11.3 Å². The Hall–Kier alpha value is -2.89. The first-order valence-electron chi connectivity index (χ1n) is 9.59. The molecule has 138 valence electrons. The van der Waals surface area contributed by atoms with Crippen LogP contribution in [0.3, 0.4) is 0 Å². The Labute approximate surface area is 159 Å². The minimum atomic E-state index is 0.492. The normalized spacial score (nSPS) is 14.9. The summed E-state index contributed by atoms with van der Waals surface area (Å²) in [4.78, 5) is 13.2. The molecule has 1 aliphatic rings. The van der Waals surface area contributed by atoms with E-state index in [0.717, 1.165) is 22.6 Å². The zero-order chi connectivity index (χ0) is 18.5. The Morgan fingerprint density at radius 2 is 1.78 bits per heavy atom. The molecule has 6 nitrogen and oxygen atoms in total. The number of aromatic nitrogens is 5. The van der Waals surface area contributed by atoms with E-state index in [1.54, 1.807) is 18.6 Å². The number of aryl methyl sites for hydroxylation is 1. The van der Waals surface area contributed by atoms with Crippen molar-refractivity contribution in [3.05, 3.63) is 59.8 Å². The van der Waals surface area contributed by atoms with Crippen molar-refractivity contribution >= 4 is 5.95 Å². The lowest BCUT2D eigenvalue weighted by Crippen LogP contribution is -2.07. The number of hydrogen-bond acceptors (Lipinski definition) is 6. The van der Waals surface area contributed by atoms with Crippen LogP contribution in [0.1, 0.15) is 55.0 Å². The van der Waals surface area contributed by atoms with Crippen molar-refractivity contribution in [2.75, 3.05) is 5.32 Å². The van der Waals surface area contributed by atoms with Crippen LogP contribution in [0.15, 0.2) is 42.9 Å². The van der Waals surface area contributed by atoms with E-state index in [2.05, 4.69) is 54.7 Å². The number of anilines is 1. The Morgan fingerprint density at radius 3 is 2.52 bits per heavy atom. The largest absolute Gasteiger partial charge is 0.347 e. The van der Waals surface area contributed by atoms with Gasteiger partial charge in [-0.15, -0.1) is 5.10 Å². The highest BCUT2D eigenvalue weighted by molar-refractivity contribution is 5.59. The van der Waals surface area contributed by atoms with Gasteiger partial charge in [-0.1, -0.05) is 43.5 Å². The summed E-state index contributed by atoms with van der Waals surface area (Å²) in [5.74, 6) is 1.20. The summed E-state index contributed by atoms with van der Waals surface area (Å²) >= 11 is 0. The van der Waals surface area contributed by atoms with Gasteiger partial charge in [-0.25, -0.2) is 4.98 Å². The zero-order valence-corrected chi connectivity index (χ0v) is 15.6. The van der Waals surface area contributed by atoms with Crippen molar-refractivity contribution in [2.45, 2.75) is 51.5 Å². The molecule has 0 radical (unpaired) electrons. The number of nitrogens with one attached hydrogen (secondary N) is 1. The molecule has 3 aromatic rings. The van der Waals surface area contributed by atoms with E-state index >= 15 is 0 Å². The third-order valence-electron chi connectivity index (χ3n) is 5.10. The fourth-order valence-electron chi connectivity index (χ4n) is 3.56. The van der Waals surface area contributed by atoms with Crippen LogP contribution in [-0.2, 0) is 6.54 Å². The van der Waals surface area contributed by atoms with Crippen LogP contribution in [0.4, 0.5) is 5.95 Å². The molecule has 1 fully saturated rings. The maximum Gasteiger partial charge on any atom is 0.243 e. The monoisotopic (exact) mass is 360 g/mol. The lowest BCUT2D eigenvalue weighted by Gasteiger charge is -2.22. The quantitative estimate of drug-likeness (QED) is 0.731. The van der Waals surface area contributed by atoms with E-state index in [1.165, 1.54) is 37.7 Å². The van der Waals surface area contributed by atoms with Crippen molar-refractivity contribution in [2.24, 2.45) is 0 Å². The summed E-state index contributed by atoms with van der Waals surface area (Å²) in [5.41, 5.74) is 5.05. The van der Waals surface area contributed by atoms with Crippen molar-refractivity contribution < 1.29 is 0 Å². The van der Waals surface area contributed by atoms with Gasteiger partial charge in [0.05, 0.1) is 36.0 Å². The molecule has 0 unspecified atom stereocenters. The fourth-order valence-corrected chi connectivity index (χ4v) is 3.56. The van der Waals surface area contributed by atoms with Gasteiger partial charge < -0.3 is 5.32 Å². The molecule has 4 rings (SSSR count). The fraction of sp³-hybridized carbons (Fsp3) is 0.381.